The minimum absolute atomic E-state index is 0.225. The van der Waals surface area contributed by atoms with Crippen LogP contribution in [0.3, 0.4) is 0 Å². The number of aryl methyl sites for hydroxylation is 2. The average molecular weight is 643 g/mol. The molecule has 0 bridgehead atoms. The number of rotatable bonds is 15. The van der Waals surface area contributed by atoms with Gasteiger partial charge >= 0.3 is 0 Å². The van der Waals surface area contributed by atoms with Crippen LogP contribution in [0.2, 0.25) is 0 Å². The average Bonchev–Trinajstić information content (AvgIpc) is 3.72. The summed E-state index contributed by atoms with van der Waals surface area (Å²) in [5, 5.41) is 10.4. The van der Waals surface area contributed by atoms with Crippen molar-refractivity contribution in [2.75, 3.05) is 38.0 Å². The van der Waals surface area contributed by atoms with Crippen LogP contribution in [-0.4, -0.2) is 74.0 Å². The van der Waals surface area contributed by atoms with E-state index in [9.17, 15) is 14.4 Å². The molecule has 5 aromatic rings. The maximum Gasteiger partial charge on any atom is 0.276 e. The molecule has 0 fully saturated rings. The number of nitrogens with two attached hydrogens (primary N) is 2. The van der Waals surface area contributed by atoms with Crippen molar-refractivity contribution in [3.8, 4) is 5.75 Å². The van der Waals surface area contributed by atoms with Gasteiger partial charge in [-0.15, -0.1) is 0 Å². The zero-order chi connectivity index (χ0) is 33.7. The monoisotopic (exact) mass is 642 g/mol. The van der Waals surface area contributed by atoms with E-state index < -0.39 is 11.8 Å². The summed E-state index contributed by atoms with van der Waals surface area (Å²) in [4.78, 5) is 46.7. The first-order valence-corrected chi connectivity index (χ1v) is 15.1. The van der Waals surface area contributed by atoms with Crippen molar-refractivity contribution >= 4 is 51.7 Å². The highest BCUT2D eigenvalue weighted by atomic mass is 16.5. The largest absolute Gasteiger partial charge is 0.491 e. The molecule has 0 atom stereocenters. The standard InChI is InChI=1S/C32H38N10O5/c1-5-42-25(15-19(2)39-42)30(45)38-32-37-23-17-21(29(34)44)18-26(47-14-8-13-46-4)27(23)41(32)12-7-6-11-40-24-10-9-20(28(33)43)16-22(24)36-31(40)35-3/h6-7,9-10,15-18H,5,8,11-14H2,1-4H3,(H2,33,43)(H2,34,44)(H,35,36)(H,37,38,45)/b7-6+. The number of imidazole rings is 2. The summed E-state index contributed by atoms with van der Waals surface area (Å²) in [6, 6.07) is 10.00. The Bertz CT molecular complexity index is 1990. The van der Waals surface area contributed by atoms with Crippen LogP contribution in [0.15, 0.2) is 48.6 Å². The summed E-state index contributed by atoms with van der Waals surface area (Å²) >= 11 is 0. The molecular formula is C32H38N10O5. The van der Waals surface area contributed by atoms with Crippen molar-refractivity contribution in [1.82, 2.24) is 28.9 Å². The number of nitrogens with zero attached hydrogens (tertiary/aromatic N) is 6. The SMILES string of the molecule is CCn1nc(C)cc1C(=O)Nc1nc2cc(C(N)=O)cc(OCCCOC)c2n1C/C=C/Cn1c(NC)nc2cc(C(N)=O)ccc21. The summed E-state index contributed by atoms with van der Waals surface area (Å²) in [6.07, 6.45) is 4.50. The minimum atomic E-state index is -0.633. The van der Waals surface area contributed by atoms with Gasteiger partial charge in [0.25, 0.3) is 5.91 Å². The van der Waals surface area contributed by atoms with E-state index in [1.54, 1.807) is 55.2 Å². The van der Waals surface area contributed by atoms with Crippen LogP contribution in [0.5, 0.6) is 5.75 Å². The molecule has 0 spiro atoms. The van der Waals surface area contributed by atoms with Crippen LogP contribution in [0.4, 0.5) is 11.9 Å². The Labute approximate surface area is 270 Å². The Balaban J connectivity index is 1.52. The van der Waals surface area contributed by atoms with E-state index in [2.05, 4.69) is 20.7 Å². The van der Waals surface area contributed by atoms with Gasteiger partial charge in [0.1, 0.15) is 17.0 Å². The van der Waals surface area contributed by atoms with Gasteiger partial charge in [-0.1, -0.05) is 12.2 Å². The van der Waals surface area contributed by atoms with Crippen LogP contribution < -0.4 is 26.8 Å². The molecule has 15 nitrogen and oxygen atoms in total. The Morgan fingerprint density at radius 3 is 2.30 bits per heavy atom. The maximum absolute atomic E-state index is 13.5. The lowest BCUT2D eigenvalue weighted by atomic mass is 10.1. The lowest BCUT2D eigenvalue weighted by Gasteiger charge is -2.13. The normalized spacial score (nSPS) is 11.5. The van der Waals surface area contributed by atoms with Crippen LogP contribution >= 0.6 is 0 Å². The number of amides is 3. The van der Waals surface area contributed by atoms with Gasteiger partial charge in [-0.3, -0.25) is 24.4 Å². The number of anilines is 2. The van der Waals surface area contributed by atoms with Gasteiger partial charge in [0, 0.05) is 57.9 Å². The summed E-state index contributed by atoms with van der Waals surface area (Å²) in [6.45, 7) is 5.78. The highest BCUT2D eigenvalue weighted by Crippen LogP contribution is 2.31. The third kappa shape index (κ3) is 6.94. The van der Waals surface area contributed by atoms with E-state index in [1.807, 2.05) is 35.1 Å². The number of allylic oxidation sites excluding steroid dienone is 2. The number of carbonyl (C=O) groups is 3. The van der Waals surface area contributed by atoms with E-state index in [0.29, 0.717) is 77.9 Å². The maximum atomic E-state index is 13.5. The smallest absolute Gasteiger partial charge is 0.276 e. The predicted octanol–water partition coefficient (Wildman–Crippen LogP) is 3.07. The van der Waals surface area contributed by atoms with E-state index in [1.165, 1.54) is 0 Å². The van der Waals surface area contributed by atoms with Crippen molar-refractivity contribution < 1.29 is 23.9 Å². The molecule has 0 aliphatic carbocycles. The van der Waals surface area contributed by atoms with Crippen molar-refractivity contribution in [2.45, 2.75) is 39.9 Å². The molecule has 0 aliphatic rings. The molecule has 2 aromatic carbocycles. The molecule has 15 heteroatoms. The third-order valence-corrected chi connectivity index (χ3v) is 7.50. The number of carbonyl (C=O) groups excluding carboxylic acids is 3. The molecule has 5 rings (SSSR count). The number of fused-ring (bicyclic) bond motifs is 2. The summed E-state index contributed by atoms with van der Waals surface area (Å²) in [7, 11) is 3.38. The molecule has 6 N–H and O–H groups in total. The van der Waals surface area contributed by atoms with E-state index in [-0.39, 0.29) is 24.0 Å². The van der Waals surface area contributed by atoms with Crippen LogP contribution in [-0.2, 0) is 24.4 Å². The third-order valence-electron chi connectivity index (χ3n) is 7.50. The van der Waals surface area contributed by atoms with Gasteiger partial charge in [0.05, 0.1) is 28.9 Å². The molecule has 3 heterocycles. The van der Waals surface area contributed by atoms with Gasteiger partial charge in [0.2, 0.25) is 23.7 Å². The molecule has 0 aliphatic heterocycles. The number of benzene rings is 2. The van der Waals surface area contributed by atoms with Gasteiger partial charge < -0.3 is 35.4 Å². The zero-order valence-corrected chi connectivity index (χ0v) is 26.7. The zero-order valence-electron chi connectivity index (χ0n) is 26.7. The van der Waals surface area contributed by atoms with Gasteiger partial charge in [0.15, 0.2) is 0 Å². The molecule has 0 radical (unpaired) electrons. The molecule has 0 saturated carbocycles. The Hall–Kier alpha value is -5.70. The fourth-order valence-electron chi connectivity index (χ4n) is 5.29. The first kappa shape index (κ1) is 32.7. The Morgan fingerprint density at radius 1 is 0.915 bits per heavy atom. The van der Waals surface area contributed by atoms with Crippen LogP contribution in [0, 0.1) is 6.92 Å². The molecule has 47 heavy (non-hydrogen) atoms. The lowest BCUT2D eigenvalue weighted by molar-refractivity contribution is 0.0991. The van der Waals surface area contributed by atoms with Crippen molar-refractivity contribution in [2.24, 2.45) is 11.5 Å². The van der Waals surface area contributed by atoms with Gasteiger partial charge in [-0.2, -0.15) is 5.10 Å². The second kappa shape index (κ2) is 14.2. The van der Waals surface area contributed by atoms with Gasteiger partial charge in [-0.05, 0) is 50.2 Å². The first-order chi connectivity index (χ1) is 22.6. The van der Waals surface area contributed by atoms with E-state index in [4.69, 9.17) is 25.9 Å². The van der Waals surface area contributed by atoms with E-state index >= 15 is 0 Å². The predicted molar refractivity (Wildman–Crippen MR) is 178 cm³/mol. The second-order valence-electron chi connectivity index (χ2n) is 10.7. The fraction of sp³-hybridized carbons (Fsp3) is 0.312. The summed E-state index contributed by atoms with van der Waals surface area (Å²) < 4.78 is 16.7. The molecule has 0 unspecified atom stereocenters. The number of aromatic nitrogens is 6. The number of methoxy groups -OCH3 is 1. The molecule has 0 saturated heterocycles. The van der Waals surface area contributed by atoms with Gasteiger partial charge in [-0.25, -0.2) is 9.97 Å². The van der Waals surface area contributed by atoms with Crippen molar-refractivity contribution in [1.29, 1.82) is 0 Å². The number of ether oxygens (including phenoxy) is 2. The lowest BCUT2D eigenvalue weighted by Crippen LogP contribution is -2.20. The Kier molecular flexibility index (Phi) is 9.85. The molecule has 246 valence electrons. The molecule has 3 aromatic heterocycles. The fourth-order valence-corrected chi connectivity index (χ4v) is 5.29. The summed E-state index contributed by atoms with van der Waals surface area (Å²) in [5.41, 5.74) is 15.3. The topological polar surface area (TPSA) is 199 Å². The highest BCUT2D eigenvalue weighted by Gasteiger charge is 2.21. The highest BCUT2D eigenvalue weighted by molar-refractivity contribution is 6.04. The van der Waals surface area contributed by atoms with E-state index in [0.717, 1.165) is 5.52 Å². The first-order valence-electron chi connectivity index (χ1n) is 15.1. The Morgan fingerprint density at radius 2 is 1.62 bits per heavy atom. The summed E-state index contributed by atoms with van der Waals surface area (Å²) in [5.74, 6) is -0.284. The number of hydrogen-bond acceptors (Lipinski definition) is 9. The van der Waals surface area contributed by atoms with Crippen molar-refractivity contribution in [3.63, 3.8) is 0 Å². The molecule has 3 amide bonds. The number of primary amides is 2. The molecular weight excluding hydrogens is 604 g/mol. The quantitative estimate of drug-likeness (QED) is 0.0979. The number of hydrogen-bond donors (Lipinski definition) is 4. The second-order valence-corrected chi connectivity index (χ2v) is 10.7. The van der Waals surface area contributed by atoms with Crippen LogP contribution in [0.1, 0.15) is 50.2 Å². The number of nitrogens with one attached hydrogen (secondary N) is 2. The van der Waals surface area contributed by atoms with Crippen LogP contribution in [0.25, 0.3) is 22.1 Å². The van der Waals surface area contributed by atoms with Crippen molar-refractivity contribution in [3.05, 3.63) is 71.1 Å². The minimum Gasteiger partial charge on any atom is -0.491 e.